The summed E-state index contributed by atoms with van der Waals surface area (Å²) in [7, 11) is 0. The number of hydrogen-bond donors (Lipinski definition) is 2. The summed E-state index contributed by atoms with van der Waals surface area (Å²) in [5.41, 5.74) is 2.72. The molecular weight excluding hydrogens is 298 g/mol. The maximum absolute atomic E-state index is 5.38. The quantitative estimate of drug-likeness (QED) is 0.687. The zero-order valence-electron chi connectivity index (χ0n) is 12.2. The zero-order valence-corrected chi connectivity index (χ0v) is 13.0. The van der Waals surface area contributed by atoms with Gasteiger partial charge in [-0.25, -0.2) is 4.98 Å². The zero-order chi connectivity index (χ0) is 14.8. The summed E-state index contributed by atoms with van der Waals surface area (Å²) in [6, 6.07) is 8.13. The molecule has 114 valence electrons. The Morgan fingerprint density at radius 3 is 2.95 bits per heavy atom. The van der Waals surface area contributed by atoms with Crippen LogP contribution in [-0.2, 0) is 4.74 Å². The van der Waals surface area contributed by atoms with Crippen molar-refractivity contribution in [2.75, 3.05) is 38.6 Å². The van der Waals surface area contributed by atoms with Crippen LogP contribution in [0.3, 0.4) is 0 Å². The molecule has 3 aromatic rings. The lowest BCUT2D eigenvalue weighted by molar-refractivity contribution is -0.905. The third-order valence-electron chi connectivity index (χ3n) is 3.99. The number of ether oxygens (including phenoxy) is 1. The minimum atomic E-state index is 0.754. The van der Waals surface area contributed by atoms with E-state index in [0.29, 0.717) is 0 Å². The van der Waals surface area contributed by atoms with Crippen molar-refractivity contribution in [1.29, 1.82) is 0 Å². The van der Waals surface area contributed by atoms with Crippen LogP contribution < -0.4 is 4.90 Å². The van der Waals surface area contributed by atoms with Gasteiger partial charge in [0.25, 0.3) is 0 Å². The highest BCUT2D eigenvalue weighted by molar-refractivity contribution is 7.99. The molecule has 0 unspecified atom stereocenters. The van der Waals surface area contributed by atoms with Crippen LogP contribution in [0.25, 0.3) is 22.1 Å². The van der Waals surface area contributed by atoms with E-state index in [0.717, 1.165) is 65.8 Å². The molecule has 0 radical (unpaired) electrons. The van der Waals surface area contributed by atoms with Gasteiger partial charge in [-0.3, -0.25) is 0 Å². The van der Waals surface area contributed by atoms with Crippen LogP contribution in [0.2, 0.25) is 0 Å². The third kappa shape index (κ3) is 2.79. The Balaban J connectivity index is 1.48. The highest BCUT2D eigenvalue weighted by Crippen LogP contribution is 2.23. The van der Waals surface area contributed by atoms with Crippen LogP contribution in [0.1, 0.15) is 0 Å². The van der Waals surface area contributed by atoms with E-state index in [9.17, 15) is 0 Å². The summed E-state index contributed by atoms with van der Waals surface area (Å²) in [5.74, 6) is 1.00. The van der Waals surface area contributed by atoms with Crippen molar-refractivity contribution < 1.29 is 9.64 Å². The second-order valence-corrected chi connectivity index (χ2v) is 6.49. The van der Waals surface area contributed by atoms with Crippen molar-refractivity contribution in [2.24, 2.45) is 0 Å². The fourth-order valence-corrected chi connectivity index (χ4v) is 3.59. The van der Waals surface area contributed by atoms with Gasteiger partial charge in [0.2, 0.25) is 5.16 Å². The minimum Gasteiger partial charge on any atom is -0.370 e. The lowest BCUT2D eigenvalue weighted by Crippen LogP contribution is -3.14. The molecule has 1 aromatic carbocycles. The van der Waals surface area contributed by atoms with Gasteiger partial charge in [0.05, 0.1) is 25.5 Å². The molecule has 1 fully saturated rings. The maximum atomic E-state index is 5.38. The average molecular weight is 316 g/mol. The largest absolute Gasteiger partial charge is 0.370 e. The molecule has 0 aliphatic carbocycles. The van der Waals surface area contributed by atoms with Gasteiger partial charge in [0.1, 0.15) is 18.6 Å². The number of aromatic amines is 1. The van der Waals surface area contributed by atoms with Gasteiger partial charge in [-0.1, -0.05) is 30.0 Å². The minimum absolute atomic E-state index is 0.754. The van der Waals surface area contributed by atoms with Crippen molar-refractivity contribution in [3.05, 3.63) is 24.3 Å². The van der Waals surface area contributed by atoms with Gasteiger partial charge >= 0.3 is 0 Å². The van der Waals surface area contributed by atoms with E-state index in [4.69, 9.17) is 4.74 Å². The van der Waals surface area contributed by atoms with Gasteiger partial charge in [0.15, 0.2) is 5.65 Å². The van der Waals surface area contributed by atoms with E-state index in [-0.39, 0.29) is 0 Å². The number of para-hydroxylation sites is 1. The second-order valence-electron chi connectivity index (χ2n) is 5.42. The molecule has 0 bridgehead atoms. The molecule has 0 saturated carbocycles. The molecule has 2 N–H and O–H groups in total. The molecule has 6 nitrogen and oxygen atoms in total. The highest BCUT2D eigenvalue weighted by atomic mass is 32.2. The molecule has 1 aliphatic heterocycles. The number of rotatable bonds is 4. The van der Waals surface area contributed by atoms with E-state index >= 15 is 0 Å². The van der Waals surface area contributed by atoms with Crippen molar-refractivity contribution in [2.45, 2.75) is 5.16 Å². The molecule has 3 heterocycles. The first-order chi connectivity index (χ1) is 10.9. The third-order valence-corrected chi connectivity index (χ3v) is 4.83. The first-order valence-corrected chi connectivity index (χ1v) is 8.54. The molecule has 1 aliphatic rings. The second kappa shape index (κ2) is 6.20. The van der Waals surface area contributed by atoms with Gasteiger partial charge in [-0.15, -0.1) is 10.2 Å². The summed E-state index contributed by atoms with van der Waals surface area (Å²) in [4.78, 5) is 9.52. The lowest BCUT2D eigenvalue weighted by Gasteiger charge is -2.23. The molecular formula is C15H18N5OS+. The van der Waals surface area contributed by atoms with E-state index < -0.39 is 0 Å². The normalized spacial score (nSPS) is 16.5. The van der Waals surface area contributed by atoms with E-state index in [2.05, 4.69) is 26.2 Å². The first-order valence-electron chi connectivity index (χ1n) is 7.55. The molecule has 7 heteroatoms. The lowest BCUT2D eigenvalue weighted by atomic mass is 10.2. The number of H-pyrrole nitrogens is 1. The molecule has 0 amide bonds. The fraction of sp³-hybridized carbons (Fsp3) is 0.400. The van der Waals surface area contributed by atoms with Crippen LogP contribution >= 0.6 is 11.8 Å². The first kappa shape index (κ1) is 13.9. The van der Waals surface area contributed by atoms with Gasteiger partial charge in [-0.2, -0.15) is 0 Å². The van der Waals surface area contributed by atoms with E-state index in [1.54, 1.807) is 16.7 Å². The fourth-order valence-electron chi connectivity index (χ4n) is 2.77. The van der Waals surface area contributed by atoms with Gasteiger partial charge in [-0.05, 0) is 6.07 Å². The van der Waals surface area contributed by atoms with Crippen LogP contribution in [0, 0.1) is 0 Å². The Kier molecular flexibility index (Phi) is 3.92. The number of benzene rings is 1. The van der Waals surface area contributed by atoms with Crippen molar-refractivity contribution >= 4 is 33.8 Å². The standard InChI is InChI=1S/C15H17N5OS/c1-2-4-12-11(3-1)13-14(16-12)18-19-15(17-13)22-10-7-20-5-8-21-9-6-20/h1-4H,5-10H2,(H,16,18)/p+1. The Hall–Kier alpha value is -1.70. The molecule has 0 spiro atoms. The monoisotopic (exact) mass is 316 g/mol. The summed E-state index contributed by atoms with van der Waals surface area (Å²) < 4.78 is 5.38. The van der Waals surface area contributed by atoms with Crippen molar-refractivity contribution in [1.82, 2.24) is 20.2 Å². The Morgan fingerprint density at radius 2 is 2.05 bits per heavy atom. The molecule has 22 heavy (non-hydrogen) atoms. The molecule has 0 atom stereocenters. The topological polar surface area (TPSA) is 68.1 Å². The van der Waals surface area contributed by atoms with Crippen LogP contribution in [0.4, 0.5) is 0 Å². The van der Waals surface area contributed by atoms with Gasteiger partial charge in [0, 0.05) is 10.9 Å². The number of morpholine rings is 1. The highest BCUT2D eigenvalue weighted by Gasteiger charge is 2.14. The number of quaternary nitrogens is 1. The number of hydrogen-bond acceptors (Lipinski definition) is 5. The van der Waals surface area contributed by atoms with Crippen LogP contribution in [-0.4, -0.2) is 58.8 Å². The van der Waals surface area contributed by atoms with E-state index in [1.807, 2.05) is 18.2 Å². The Bertz CT molecular complexity index is 784. The number of fused-ring (bicyclic) bond motifs is 3. The number of aromatic nitrogens is 4. The summed E-state index contributed by atoms with van der Waals surface area (Å²) in [5, 5.41) is 10.3. The molecule has 4 rings (SSSR count). The summed E-state index contributed by atoms with van der Waals surface area (Å²) in [6.07, 6.45) is 0. The molecule has 1 saturated heterocycles. The summed E-state index contributed by atoms with van der Waals surface area (Å²) in [6.45, 7) is 5.06. The SMILES string of the molecule is c1ccc2c(c1)[nH]c1nnc(SCC[NH+]3CCOCC3)nc12. The Morgan fingerprint density at radius 1 is 1.18 bits per heavy atom. The van der Waals surface area contributed by atoms with E-state index in [1.165, 1.54) is 0 Å². The summed E-state index contributed by atoms with van der Waals surface area (Å²) >= 11 is 1.68. The number of nitrogens with zero attached hydrogens (tertiary/aromatic N) is 3. The Labute approximate surface area is 132 Å². The van der Waals surface area contributed by atoms with Crippen LogP contribution in [0.5, 0.6) is 0 Å². The van der Waals surface area contributed by atoms with Gasteiger partial charge < -0.3 is 14.6 Å². The smallest absolute Gasteiger partial charge is 0.210 e. The number of nitrogens with one attached hydrogen (secondary N) is 2. The maximum Gasteiger partial charge on any atom is 0.210 e. The predicted molar refractivity (Wildman–Crippen MR) is 86.3 cm³/mol. The molecule has 2 aromatic heterocycles. The van der Waals surface area contributed by atoms with Crippen molar-refractivity contribution in [3.8, 4) is 0 Å². The van der Waals surface area contributed by atoms with Crippen LogP contribution in [0.15, 0.2) is 29.4 Å². The number of thioether (sulfide) groups is 1. The van der Waals surface area contributed by atoms with Crippen molar-refractivity contribution in [3.63, 3.8) is 0 Å². The average Bonchev–Trinajstić information content (AvgIpc) is 2.94. The predicted octanol–water partition coefficient (Wildman–Crippen LogP) is 0.513.